The highest BCUT2D eigenvalue weighted by Crippen LogP contribution is 2.35. The Morgan fingerprint density at radius 2 is 2.31 bits per heavy atom. The second-order valence-electron chi connectivity index (χ2n) is 3.27. The predicted octanol–water partition coefficient (Wildman–Crippen LogP) is 1.35. The standard InChI is InChI=1S/C10H8FNO3S/c11-6-1-2-7-8(3-6)16-5-9(13)12(7)4-10(14)15/h1-3H,4-5H2,(H,14,15). The van der Waals surface area contributed by atoms with E-state index in [0.29, 0.717) is 10.6 Å². The van der Waals surface area contributed by atoms with Crippen LogP contribution in [0.5, 0.6) is 0 Å². The van der Waals surface area contributed by atoms with Gasteiger partial charge >= 0.3 is 5.97 Å². The van der Waals surface area contributed by atoms with Gasteiger partial charge in [0, 0.05) is 4.90 Å². The Kier molecular flexibility index (Phi) is 2.82. The minimum Gasteiger partial charge on any atom is -0.480 e. The molecule has 0 aromatic heterocycles. The number of carbonyl (C=O) groups excluding carboxylic acids is 1. The maximum atomic E-state index is 12.9. The van der Waals surface area contributed by atoms with Crippen LogP contribution in [0, 0.1) is 5.82 Å². The first-order valence-electron chi connectivity index (χ1n) is 4.52. The van der Waals surface area contributed by atoms with Crippen molar-refractivity contribution < 1.29 is 19.1 Å². The molecule has 0 saturated heterocycles. The number of thioether (sulfide) groups is 1. The van der Waals surface area contributed by atoms with E-state index in [1.165, 1.54) is 30.0 Å². The molecular weight excluding hydrogens is 233 g/mol. The Morgan fingerprint density at radius 1 is 1.56 bits per heavy atom. The van der Waals surface area contributed by atoms with Gasteiger partial charge in [-0.3, -0.25) is 14.5 Å². The van der Waals surface area contributed by atoms with Gasteiger partial charge in [-0.1, -0.05) is 0 Å². The molecule has 1 N–H and O–H groups in total. The number of benzene rings is 1. The van der Waals surface area contributed by atoms with Crippen LogP contribution in [0.3, 0.4) is 0 Å². The highest BCUT2D eigenvalue weighted by atomic mass is 32.2. The van der Waals surface area contributed by atoms with Gasteiger partial charge in [0.05, 0.1) is 11.4 Å². The Balaban J connectivity index is 2.40. The molecule has 2 rings (SSSR count). The SMILES string of the molecule is O=C(O)CN1C(=O)CSc2cc(F)ccc21. The normalized spacial score (nSPS) is 14.8. The Morgan fingerprint density at radius 3 is 3.00 bits per heavy atom. The molecule has 1 amide bonds. The van der Waals surface area contributed by atoms with Crippen LogP contribution in [0.4, 0.5) is 10.1 Å². The third kappa shape index (κ3) is 2.01. The van der Waals surface area contributed by atoms with E-state index >= 15 is 0 Å². The third-order valence-electron chi connectivity index (χ3n) is 2.16. The van der Waals surface area contributed by atoms with Crippen LogP contribution >= 0.6 is 11.8 Å². The lowest BCUT2D eigenvalue weighted by Crippen LogP contribution is -2.39. The van der Waals surface area contributed by atoms with Crippen LogP contribution in [-0.4, -0.2) is 29.3 Å². The van der Waals surface area contributed by atoms with Gasteiger partial charge in [-0.25, -0.2) is 4.39 Å². The molecule has 0 spiro atoms. The van der Waals surface area contributed by atoms with Crippen LogP contribution in [-0.2, 0) is 9.59 Å². The van der Waals surface area contributed by atoms with Crippen molar-refractivity contribution >= 4 is 29.3 Å². The fourth-order valence-corrected chi connectivity index (χ4v) is 2.44. The molecular formula is C10H8FNO3S. The highest BCUT2D eigenvalue weighted by Gasteiger charge is 2.26. The first kappa shape index (κ1) is 10.9. The summed E-state index contributed by atoms with van der Waals surface area (Å²) >= 11 is 1.22. The summed E-state index contributed by atoms with van der Waals surface area (Å²) < 4.78 is 12.9. The van der Waals surface area contributed by atoms with Gasteiger partial charge in [-0.2, -0.15) is 0 Å². The minimum absolute atomic E-state index is 0.143. The number of fused-ring (bicyclic) bond motifs is 1. The smallest absolute Gasteiger partial charge is 0.323 e. The topological polar surface area (TPSA) is 57.6 Å². The number of amides is 1. The number of carbonyl (C=O) groups is 2. The number of halogens is 1. The van der Waals surface area contributed by atoms with Gasteiger partial charge in [-0.05, 0) is 18.2 Å². The summed E-state index contributed by atoms with van der Waals surface area (Å²) in [5, 5.41) is 8.69. The molecule has 1 heterocycles. The summed E-state index contributed by atoms with van der Waals surface area (Å²) in [6.07, 6.45) is 0. The summed E-state index contributed by atoms with van der Waals surface area (Å²) in [6, 6.07) is 3.95. The maximum Gasteiger partial charge on any atom is 0.323 e. The number of carboxylic acid groups (broad SMARTS) is 1. The van der Waals surface area contributed by atoms with E-state index in [-0.39, 0.29) is 11.7 Å². The first-order valence-corrected chi connectivity index (χ1v) is 5.51. The van der Waals surface area contributed by atoms with Gasteiger partial charge in [0.25, 0.3) is 0 Å². The van der Waals surface area contributed by atoms with Crippen molar-refractivity contribution in [2.45, 2.75) is 4.90 Å². The largest absolute Gasteiger partial charge is 0.480 e. The number of hydrogen-bond acceptors (Lipinski definition) is 3. The molecule has 0 radical (unpaired) electrons. The van der Waals surface area contributed by atoms with Crippen molar-refractivity contribution in [3.8, 4) is 0 Å². The summed E-state index contributed by atoms with van der Waals surface area (Å²) in [5.74, 6) is -1.61. The summed E-state index contributed by atoms with van der Waals surface area (Å²) in [4.78, 5) is 23.9. The van der Waals surface area contributed by atoms with Gasteiger partial charge < -0.3 is 5.11 Å². The molecule has 4 nitrogen and oxygen atoms in total. The zero-order valence-corrected chi connectivity index (χ0v) is 8.96. The quantitative estimate of drug-likeness (QED) is 0.849. The highest BCUT2D eigenvalue weighted by molar-refractivity contribution is 8.00. The van der Waals surface area contributed by atoms with Crippen molar-refractivity contribution in [3.63, 3.8) is 0 Å². The zero-order chi connectivity index (χ0) is 11.7. The first-order chi connectivity index (χ1) is 7.58. The van der Waals surface area contributed by atoms with Crippen molar-refractivity contribution in [1.29, 1.82) is 0 Å². The average molecular weight is 241 g/mol. The van der Waals surface area contributed by atoms with Crippen LogP contribution in [0.1, 0.15) is 0 Å². The lowest BCUT2D eigenvalue weighted by atomic mass is 10.2. The van der Waals surface area contributed by atoms with E-state index in [1.54, 1.807) is 0 Å². The van der Waals surface area contributed by atoms with Crippen molar-refractivity contribution in [3.05, 3.63) is 24.0 Å². The van der Waals surface area contributed by atoms with Gasteiger partial charge in [0.2, 0.25) is 5.91 Å². The van der Waals surface area contributed by atoms with Crippen LogP contribution < -0.4 is 4.90 Å². The van der Waals surface area contributed by atoms with Gasteiger partial charge in [0.1, 0.15) is 12.4 Å². The number of anilines is 1. The monoisotopic (exact) mass is 241 g/mol. The lowest BCUT2D eigenvalue weighted by molar-refractivity contribution is -0.136. The van der Waals surface area contributed by atoms with E-state index in [4.69, 9.17) is 5.11 Å². The molecule has 0 fully saturated rings. The molecule has 16 heavy (non-hydrogen) atoms. The molecule has 6 heteroatoms. The van der Waals surface area contributed by atoms with Crippen LogP contribution in [0.2, 0.25) is 0 Å². The Labute approximate surface area is 95.1 Å². The maximum absolute atomic E-state index is 12.9. The summed E-state index contributed by atoms with van der Waals surface area (Å²) in [7, 11) is 0. The molecule has 0 saturated carbocycles. The number of rotatable bonds is 2. The van der Waals surface area contributed by atoms with Crippen molar-refractivity contribution in [2.75, 3.05) is 17.2 Å². The Bertz CT molecular complexity index is 463. The van der Waals surface area contributed by atoms with E-state index in [2.05, 4.69) is 0 Å². The van der Waals surface area contributed by atoms with Crippen LogP contribution in [0.25, 0.3) is 0 Å². The number of nitrogens with zero attached hydrogens (tertiary/aromatic N) is 1. The second-order valence-corrected chi connectivity index (χ2v) is 4.29. The fraction of sp³-hybridized carbons (Fsp3) is 0.200. The van der Waals surface area contributed by atoms with E-state index in [9.17, 15) is 14.0 Å². The van der Waals surface area contributed by atoms with Gasteiger partial charge in [-0.15, -0.1) is 11.8 Å². The average Bonchev–Trinajstić information content (AvgIpc) is 2.22. The van der Waals surface area contributed by atoms with Gasteiger partial charge in [0.15, 0.2) is 0 Å². The summed E-state index contributed by atoms with van der Waals surface area (Å²) in [6.45, 7) is -0.391. The third-order valence-corrected chi connectivity index (χ3v) is 3.19. The molecule has 0 aliphatic carbocycles. The lowest BCUT2D eigenvalue weighted by Gasteiger charge is -2.27. The Hall–Kier alpha value is -1.56. The van der Waals surface area contributed by atoms with Crippen molar-refractivity contribution in [2.24, 2.45) is 0 Å². The number of aliphatic carboxylic acids is 1. The van der Waals surface area contributed by atoms with Crippen molar-refractivity contribution in [1.82, 2.24) is 0 Å². The fourth-order valence-electron chi connectivity index (χ4n) is 1.49. The molecule has 1 aliphatic rings. The molecule has 84 valence electrons. The molecule has 1 aromatic rings. The molecule has 0 unspecified atom stereocenters. The zero-order valence-electron chi connectivity index (χ0n) is 8.14. The number of hydrogen-bond donors (Lipinski definition) is 1. The molecule has 0 bridgehead atoms. The van der Waals surface area contributed by atoms with Crippen LogP contribution in [0.15, 0.2) is 23.1 Å². The number of carboxylic acids is 1. The minimum atomic E-state index is -1.09. The summed E-state index contributed by atoms with van der Waals surface area (Å²) in [5.41, 5.74) is 0.463. The molecule has 1 aromatic carbocycles. The van der Waals surface area contributed by atoms with E-state index in [0.717, 1.165) is 4.90 Å². The predicted molar refractivity (Wildman–Crippen MR) is 57.1 cm³/mol. The van der Waals surface area contributed by atoms with E-state index < -0.39 is 18.3 Å². The molecule has 1 aliphatic heterocycles. The molecule has 0 atom stereocenters. The van der Waals surface area contributed by atoms with E-state index in [1.807, 2.05) is 0 Å². The second kappa shape index (κ2) is 4.13.